The number of benzene rings is 2. The molecule has 1 aliphatic carbocycles. The summed E-state index contributed by atoms with van der Waals surface area (Å²) in [7, 11) is 1.64. The van der Waals surface area contributed by atoms with Gasteiger partial charge in [-0.3, -0.25) is 0 Å². The second-order valence-corrected chi connectivity index (χ2v) is 6.78. The quantitative estimate of drug-likeness (QED) is 0.772. The van der Waals surface area contributed by atoms with E-state index in [1.54, 1.807) is 7.11 Å². The van der Waals surface area contributed by atoms with Crippen molar-refractivity contribution in [1.82, 2.24) is 0 Å². The Balaban J connectivity index is 1.66. The summed E-state index contributed by atoms with van der Waals surface area (Å²) in [4.78, 5) is 12.3. The van der Waals surface area contributed by atoms with Crippen LogP contribution in [0.2, 0.25) is 0 Å². The van der Waals surface area contributed by atoms with Gasteiger partial charge in [-0.2, -0.15) is 0 Å². The molecular formula is C22H22O3. The van der Waals surface area contributed by atoms with Crippen molar-refractivity contribution in [2.24, 2.45) is 0 Å². The molecule has 0 bridgehead atoms. The van der Waals surface area contributed by atoms with Crippen LogP contribution in [0, 0.1) is 0 Å². The molecule has 3 nitrogen and oxygen atoms in total. The van der Waals surface area contributed by atoms with Crippen LogP contribution >= 0.6 is 0 Å². The molecule has 1 aliphatic heterocycles. The summed E-state index contributed by atoms with van der Waals surface area (Å²) >= 11 is 0. The largest absolute Gasteiger partial charge is 0.497 e. The lowest BCUT2D eigenvalue weighted by Gasteiger charge is -2.26. The highest BCUT2D eigenvalue weighted by Crippen LogP contribution is 2.39. The summed E-state index contributed by atoms with van der Waals surface area (Å²) in [5.41, 5.74) is 5.68. The van der Waals surface area contributed by atoms with Crippen molar-refractivity contribution >= 4 is 11.5 Å². The van der Waals surface area contributed by atoms with Crippen LogP contribution < -0.4 is 4.74 Å². The topological polar surface area (TPSA) is 35.5 Å². The summed E-state index contributed by atoms with van der Waals surface area (Å²) in [6.07, 6.45) is 4.43. The maximum atomic E-state index is 12.3. The number of esters is 1. The number of ether oxygens (including phenoxy) is 2. The van der Waals surface area contributed by atoms with Crippen LogP contribution in [0.5, 0.6) is 5.75 Å². The Kier molecular flexibility index (Phi) is 4.31. The molecule has 2 aromatic carbocycles. The molecule has 0 saturated carbocycles. The van der Waals surface area contributed by atoms with Gasteiger partial charge in [0.25, 0.3) is 0 Å². The molecule has 3 heteroatoms. The second kappa shape index (κ2) is 6.75. The number of cyclic esters (lactones) is 1. The number of carbonyl (C=O) groups is 1. The van der Waals surface area contributed by atoms with Gasteiger partial charge >= 0.3 is 5.97 Å². The minimum absolute atomic E-state index is 0.204. The minimum atomic E-state index is -0.204. The SMILES string of the molecule is COc1ccc(C2=C(CC3CCCc4ccccc43)COC2=O)cc1. The van der Waals surface area contributed by atoms with E-state index in [4.69, 9.17) is 9.47 Å². The summed E-state index contributed by atoms with van der Waals surface area (Å²) in [6, 6.07) is 16.4. The van der Waals surface area contributed by atoms with E-state index >= 15 is 0 Å². The third kappa shape index (κ3) is 3.07. The number of hydrogen-bond donors (Lipinski definition) is 0. The zero-order valence-corrected chi connectivity index (χ0v) is 14.5. The van der Waals surface area contributed by atoms with Crippen LogP contribution in [0.4, 0.5) is 0 Å². The molecule has 128 valence electrons. The van der Waals surface area contributed by atoms with Crippen molar-refractivity contribution in [3.63, 3.8) is 0 Å². The van der Waals surface area contributed by atoms with Gasteiger partial charge in [-0.1, -0.05) is 36.4 Å². The van der Waals surface area contributed by atoms with Crippen molar-refractivity contribution in [3.8, 4) is 5.75 Å². The molecule has 0 spiro atoms. The number of aryl methyl sites for hydroxylation is 1. The highest BCUT2D eigenvalue weighted by Gasteiger charge is 2.29. The average Bonchev–Trinajstić information content (AvgIpc) is 3.02. The van der Waals surface area contributed by atoms with Gasteiger partial charge < -0.3 is 9.47 Å². The molecule has 2 aliphatic rings. The third-order valence-electron chi connectivity index (χ3n) is 5.30. The molecule has 0 N–H and O–H groups in total. The van der Waals surface area contributed by atoms with Gasteiger partial charge in [0, 0.05) is 0 Å². The van der Waals surface area contributed by atoms with Gasteiger partial charge in [-0.25, -0.2) is 4.79 Å². The van der Waals surface area contributed by atoms with E-state index in [0.29, 0.717) is 12.5 Å². The molecule has 0 radical (unpaired) electrons. The first-order chi connectivity index (χ1) is 12.3. The van der Waals surface area contributed by atoms with Gasteiger partial charge in [0.05, 0.1) is 12.7 Å². The number of fused-ring (bicyclic) bond motifs is 1. The van der Waals surface area contributed by atoms with Gasteiger partial charge in [-0.05, 0) is 66.0 Å². The Labute approximate surface area is 148 Å². The first-order valence-electron chi connectivity index (χ1n) is 8.87. The minimum Gasteiger partial charge on any atom is -0.497 e. The molecule has 1 atom stereocenters. The third-order valence-corrected chi connectivity index (χ3v) is 5.30. The van der Waals surface area contributed by atoms with Crippen molar-refractivity contribution in [1.29, 1.82) is 0 Å². The molecule has 0 aromatic heterocycles. The number of rotatable bonds is 4. The molecule has 0 fully saturated rings. The van der Waals surface area contributed by atoms with Crippen molar-refractivity contribution in [2.45, 2.75) is 31.6 Å². The van der Waals surface area contributed by atoms with E-state index in [-0.39, 0.29) is 5.97 Å². The van der Waals surface area contributed by atoms with Crippen LogP contribution in [0.1, 0.15) is 41.9 Å². The van der Waals surface area contributed by atoms with Gasteiger partial charge in [0.1, 0.15) is 12.4 Å². The van der Waals surface area contributed by atoms with Crippen LogP contribution in [-0.4, -0.2) is 19.7 Å². The molecule has 25 heavy (non-hydrogen) atoms. The molecule has 0 saturated heterocycles. The molecule has 1 heterocycles. The number of methoxy groups -OCH3 is 1. The summed E-state index contributed by atoms with van der Waals surface area (Å²) < 4.78 is 10.6. The van der Waals surface area contributed by atoms with Crippen molar-refractivity contribution < 1.29 is 14.3 Å². The highest BCUT2D eigenvalue weighted by atomic mass is 16.5. The predicted molar refractivity (Wildman–Crippen MR) is 97.6 cm³/mol. The van der Waals surface area contributed by atoms with E-state index in [0.717, 1.165) is 35.3 Å². The highest BCUT2D eigenvalue weighted by molar-refractivity contribution is 6.19. The molecule has 4 rings (SSSR count). The number of carbonyl (C=O) groups excluding carboxylic acids is 1. The van der Waals surface area contributed by atoms with Crippen LogP contribution in [0.15, 0.2) is 54.1 Å². The van der Waals surface area contributed by atoms with Gasteiger partial charge in [-0.15, -0.1) is 0 Å². The predicted octanol–water partition coefficient (Wildman–Crippen LogP) is 4.52. The Hall–Kier alpha value is -2.55. The zero-order chi connectivity index (χ0) is 17.2. The molecule has 0 amide bonds. The summed E-state index contributed by atoms with van der Waals surface area (Å²) in [5, 5.41) is 0. The van der Waals surface area contributed by atoms with E-state index in [2.05, 4.69) is 24.3 Å². The normalized spacial score (nSPS) is 19.6. The van der Waals surface area contributed by atoms with E-state index < -0.39 is 0 Å². The zero-order valence-electron chi connectivity index (χ0n) is 14.5. The van der Waals surface area contributed by atoms with Gasteiger partial charge in [0.2, 0.25) is 0 Å². The molecule has 2 aromatic rings. The Bertz CT molecular complexity index is 817. The molecule has 1 unspecified atom stereocenters. The first-order valence-corrected chi connectivity index (χ1v) is 8.87. The maximum Gasteiger partial charge on any atom is 0.339 e. The van der Waals surface area contributed by atoms with Gasteiger partial charge in [0.15, 0.2) is 0 Å². The number of hydrogen-bond acceptors (Lipinski definition) is 3. The van der Waals surface area contributed by atoms with Crippen molar-refractivity contribution in [3.05, 3.63) is 70.8 Å². The van der Waals surface area contributed by atoms with Crippen molar-refractivity contribution in [2.75, 3.05) is 13.7 Å². The van der Waals surface area contributed by atoms with E-state index in [1.807, 2.05) is 24.3 Å². The fourth-order valence-electron chi connectivity index (χ4n) is 4.05. The van der Waals surface area contributed by atoms with Crippen LogP contribution in [0.25, 0.3) is 5.57 Å². The molecular weight excluding hydrogens is 312 g/mol. The Morgan fingerprint density at radius 2 is 1.92 bits per heavy atom. The lowest BCUT2D eigenvalue weighted by molar-refractivity contribution is -0.134. The standard InChI is InChI=1S/C22H22O3/c1-24-19-11-9-16(10-12-19)21-18(14-25-22(21)23)13-17-7-4-6-15-5-2-3-8-20(15)17/h2-3,5,8-12,17H,4,6-7,13-14H2,1H3. The van der Waals surface area contributed by atoms with E-state index in [1.165, 1.54) is 24.0 Å². The Morgan fingerprint density at radius 1 is 1.12 bits per heavy atom. The summed E-state index contributed by atoms with van der Waals surface area (Å²) in [5.74, 6) is 1.06. The van der Waals surface area contributed by atoms with Crippen LogP contribution in [-0.2, 0) is 16.0 Å². The lowest BCUT2D eigenvalue weighted by atomic mass is 9.79. The summed E-state index contributed by atoms with van der Waals surface area (Å²) in [6.45, 7) is 0.416. The fraction of sp³-hybridized carbons (Fsp3) is 0.318. The average molecular weight is 334 g/mol. The lowest BCUT2D eigenvalue weighted by Crippen LogP contribution is -2.11. The Morgan fingerprint density at radius 3 is 2.72 bits per heavy atom. The van der Waals surface area contributed by atoms with E-state index in [9.17, 15) is 4.79 Å². The van der Waals surface area contributed by atoms with Crippen LogP contribution in [0.3, 0.4) is 0 Å². The first kappa shape index (κ1) is 15.9. The second-order valence-electron chi connectivity index (χ2n) is 6.78. The fourth-order valence-corrected chi connectivity index (χ4v) is 4.05. The maximum absolute atomic E-state index is 12.3. The smallest absolute Gasteiger partial charge is 0.339 e. The monoisotopic (exact) mass is 334 g/mol.